The maximum atomic E-state index is 12.1. The molecular weight excluding hydrogens is 226 g/mol. The molecule has 1 saturated carbocycles. The number of amides is 1. The van der Waals surface area contributed by atoms with Crippen LogP contribution in [0.1, 0.15) is 25.7 Å². The van der Waals surface area contributed by atoms with Crippen molar-refractivity contribution >= 4 is 11.6 Å². The number of carbonyl (C=O) groups is 1. The van der Waals surface area contributed by atoms with Crippen LogP contribution >= 0.6 is 0 Å². The normalized spacial score (nSPS) is 15.3. The fourth-order valence-corrected chi connectivity index (χ4v) is 2.27. The van der Waals surface area contributed by atoms with Crippen LogP contribution < -0.4 is 10.1 Å². The van der Waals surface area contributed by atoms with E-state index in [0.717, 1.165) is 31.4 Å². The van der Waals surface area contributed by atoms with Gasteiger partial charge < -0.3 is 10.1 Å². The molecule has 0 spiro atoms. The smallest absolute Gasteiger partial charge is 0.227 e. The summed E-state index contributed by atoms with van der Waals surface area (Å²) in [6, 6.07) is 7.51. The van der Waals surface area contributed by atoms with Crippen LogP contribution in [-0.2, 0) is 4.79 Å². The van der Waals surface area contributed by atoms with Gasteiger partial charge in [0.05, 0.1) is 5.69 Å². The predicted molar refractivity (Wildman–Crippen MR) is 72.7 cm³/mol. The molecule has 1 aromatic carbocycles. The van der Waals surface area contributed by atoms with Gasteiger partial charge >= 0.3 is 0 Å². The molecule has 1 fully saturated rings. The third kappa shape index (κ3) is 3.13. The Morgan fingerprint density at radius 2 is 2.11 bits per heavy atom. The Kier molecular flexibility index (Phi) is 4.40. The van der Waals surface area contributed by atoms with E-state index in [4.69, 9.17) is 4.74 Å². The number of rotatable bonds is 5. The van der Waals surface area contributed by atoms with Crippen LogP contribution in [0.4, 0.5) is 5.69 Å². The van der Waals surface area contributed by atoms with E-state index in [9.17, 15) is 4.79 Å². The molecule has 2 rings (SSSR count). The number of hydrogen-bond acceptors (Lipinski definition) is 2. The van der Waals surface area contributed by atoms with E-state index < -0.39 is 0 Å². The number of ether oxygens (including phenoxy) is 1. The monoisotopic (exact) mass is 245 g/mol. The molecule has 96 valence electrons. The number of para-hydroxylation sites is 2. The Labute approximate surface area is 108 Å². The first kappa shape index (κ1) is 12.7. The lowest BCUT2D eigenvalue weighted by atomic mass is 10.1. The summed E-state index contributed by atoms with van der Waals surface area (Å²) in [6.45, 7) is 4.06. The first-order chi connectivity index (χ1) is 8.81. The third-order valence-electron chi connectivity index (χ3n) is 3.23. The van der Waals surface area contributed by atoms with Crippen LogP contribution in [0.2, 0.25) is 0 Å². The minimum atomic E-state index is 0.113. The second-order valence-corrected chi connectivity index (χ2v) is 4.57. The fourth-order valence-electron chi connectivity index (χ4n) is 2.27. The zero-order valence-corrected chi connectivity index (χ0v) is 10.5. The van der Waals surface area contributed by atoms with E-state index in [-0.39, 0.29) is 11.8 Å². The zero-order valence-electron chi connectivity index (χ0n) is 10.5. The van der Waals surface area contributed by atoms with Gasteiger partial charge in [-0.25, -0.2) is 0 Å². The van der Waals surface area contributed by atoms with Gasteiger partial charge in [-0.15, -0.1) is 0 Å². The van der Waals surface area contributed by atoms with Crippen molar-refractivity contribution < 1.29 is 9.53 Å². The summed E-state index contributed by atoms with van der Waals surface area (Å²) in [5, 5.41) is 2.96. The zero-order chi connectivity index (χ0) is 12.8. The van der Waals surface area contributed by atoms with Gasteiger partial charge in [-0.2, -0.15) is 0 Å². The molecule has 1 N–H and O–H groups in total. The van der Waals surface area contributed by atoms with Gasteiger partial charge in [-0.1, -0.05) is 37.6 Å². The number of benzene rings is 1. The maximum absolute atomic E-state index is 12.1. The SMILES string of the molecule is C=CCOc1ccccc1NC(=O)C1CCCC1. The fraction of sp³-hybridized carbons (Fsp3) is 0.400. The third-order valence-corrected chi connectivity index (χ3v) is 3.23. The van der Waals surface area contributed by atoms with Crippen molar-refractivity contribution in [2.45, 2.75) is 25.7 Å². The standard InChI is InChI=1S/C15H19NO2/c1-2-11-18-14-10-6-5-9-13(14)16-15(17)12-7-3-4-8-12/h2,5-6,9-10,12H,1,3-4,7-8,11H2,(H,16,17). The summed E-state index contributed by atoms with van der Waals surface area (Å²) in [5.74, 6) is 0.975. The largest absolute Gasteiger partial charge is 0.487 e. The Morgan fingerprint density at radius 3 is 2.83 bits per heavy atom. The van der Waals surface area contributed by atoms with Crippen LogP contribution in [0, 0.1) is 5.92 Å². The van der Waals surface area contributed by atoms with E-state index in [0.29, 0.717) is 12.4 Å². The van der Waals surface area contributed by atoms with Gasteiger partial charge in [0.1, 0.15) is 12.4 Å². The second-order valence-electron chi connectivity index (χ2n) is 4.57. The Morgan fingerprint density at radius 1 is 1.39 bits per heavy atom. The van der Waals surface area contributed by atoms with Crippen LogP contribution in [0.15, 0.2) is 36.9 Å². The molecule has 1 amide bonds. The summed E-state index contributed by atoms with van der Waals surface area (Å²) >= 11 is 0. The van der Waals surface area contributed by atoms with Crippen LogP contribution in [0.5, 0.6) is 5.75 Å². The van der Waals surface area contributed by atoms with Crippen molar-refractivity contribution in [1.82, 2.24) is 0 Å². The van der Waals surface area contributed by atoms with Gasteiger partial charge in [-0.05, 0) is 25.0 Å². The average Bonchev–Trinajstić information content (AvgIpc) is 2.91. The van der Waals surface area contributed by atoms with Crippen LogP contribution in [0.25, 0.3) is 0 Å². The molecule has 3 nitrogen and oxygen atoms in total. The van der Waals surface area contributed by atoms with E-state index in [1.54, 1.807) is 6.08 Å². The first-order valence-electron chi connectivity index (χ1n) is 6.45. The van der Waals surface area contributed by atoms with Gasteiger partial charge in [0.15, 0.2) is 0 Å². The molecule has 0 bridgehead atoms. The van der Waals surface area contributed by atoms with Crippen LogP contribution in [0.3, 0.4) is 0 Å². The van der Waals surface area contributed by atoms with Crippen molar-refractivity contribution in [3.63, 3.8) is 0 Å². The van der Waals surface area contributed by atoms with Crippen LogP contribution in [-0.4, -0.2) is 12.5 Å². The molecular formula is C15H19NO2. The highest BCUT2D eigenvalue weighted by Crippen LogP contribution is 2.29. The molecule has 18 heavy (non-hydrogen) atoms. The Bertz CT molecular complexity index is 422. The highest BCUT2D eigenvalue weighted by atomic mass is 16.5. The molecule has 3 heteroatoms. The summed E-state index contributed by atoms with van der Waals surface area (Å²) in [4.78, 5) is 12.1. The predicted octanol–water partition coefficient (Wildman–Crippen LogP) is 3.38. The summed E-state index contributed by atoms with van der Waals surface area (Å²) < 4.78 is 5.52. The summed E-state index contributed by atoms with van der Waals surface area (Å²) in [6.07, 6.45) is 6.01. The maximum Gasteiger partial charge on any atom is 0.227 e. The van der Waals surface area contributed by atoms with Gasteiger partial charge in [0, 0.05) is 5.92 Å². The molecule has 0 aromatic heterocycles. The summed E-state index contributed by atoms with van der Waals surface area (Å²) in [5.41, 5.74) is 0.747. The lowest BCUT2D eigenvalue weighted by Crippen LogP contribution is -2.20. The molecule has 1 aliphatic carbocycles. The van der Waals surface area contributed by atoms with E-state index >= 15 is 0 Å². The van der Waals surface area contributed by atoms with E-state index in [2.05, 4.69) is 11.9 Å². The van der Waals surface area contributed by atoms with Gasteiger partial charge in [-0.3, -0.25) is 4.79 Å². The molecule has 0 atom stereocenters. The molecule has 0 saturated heterocycles. The average molecular weight is 245 g/mol. The number of carbonyl (C=O) groups excluding carboxylic acids is 1. The van der Waals surface area contributed by atoms with E-state index in [1.165, 1.54) is 0 Å². The Hall–Kier alpha value is -1.77. The van der Waals surface area contributed by atoms with E-state index in [1.807, 2.05) is 24.3 Å². The van der Waals surface area contributed by atoms with Crippen molar-refractivity contribution in [2.75, 3.05) is 11.9 Å². The number of nitrogens with one attached hydrogen (secondary N) is 1. The lowest BCUT2D eigenvalue weighted by molar-refractivity contribution is -0.119. The molecule has 1 aliphatic rings. The Balaban J connectivity index is 2.03. The van der Waals surface area contributed by atoms with Gasteiger partial charge in [0.2, 0.25) is 5.91 Å². The van der Waals surface area contributed by atoms with Crippen molar-refractivity contribution in [3.8, 4) is 5.75 Å². The minimum absolute atomic E-state index is 0.113. The lowest BCUT2D eigenvalue weighted by Gasteiger charge is -2.14. The van der Waals surface area contributed by atoms with Crippen molar-refractivity contribution in [1.29, 1.82) is 0 Å². The highest BCUT2D eigenvalue weighted by Gasteiger charge is 2.23. The minimum Gasteiger partial charge on any atom is -0.487 e. The van der Waals surface area contributed by atoms with Crippen molar-refractivity contribution in [3.05, 3.63) is 36.9 Å². The number of anilines is 1. The van der Waals surface area contributed by atoms with Gasteiger partial charge in [0.25, 0.3) is 0 Å². The molecule has 1 aromatic rings. The second kappa shape index (κ2) is 6.24. The molecule has 0 radical (unpaired) electrons. The molecule has 0 heterocycles. The van der Waals surface area contributed by atoms with Crippen molar-refractivity contribution in [2.24, 2.45) is 5.92 Å². The summed E-state index contributed by atoms with van der Waals surface area (Å²) in [7, 11) is 0. The highest BCUT2D eigenvalue weighted by molar-refractivity contribution is 5.94. The molecule has 0 unspecified atom stereocenters. The quantitative estimate of drug-likeness (QED) is 0.808. The molecule has 0 aliphatic heterocycles. The first-order valence-corrected chi connectivity index (χ1v) is 6.45. The number of hydrogen-bond donors (Lipinski definition) is 1. The topological polar surface area (TPSA) is 38.3 Å².